The van der Waals surface area contributed by atoms with Gasteiger partial charge in [0, 0.05) is 5.02 Å². The first-order valence-electron chi connectivity index (χ1n) is 10.1. The molecule has 1 N–H and O–H groups in total. The minimum Gasteiger partial charge on any atom is -0.452 e. The summed E-state index contributed by atoms with van der Waals surface area (Å²) < 4.78 is 5.03. The van der Waals surface area contributed by atoms with Crippen molar-refractivity contribution < 1.29 is 23.9 Å². The van der Waals surface area contributed by atoms with Gasteiger partial charge in [0.15, 0.2) is 6.61 Å². The third kappa shape index (κ3) is 4.65. The van der Waals surface area contributed by atoms with Crippen LogP contribution in [0.4, 0.5) is 5.69 Å². The number of rotatable bonds is 6. The lowest BCUT2D eigenvalue weighted by molar-refractivity contribution is -0.119. The van der Waals surface area contributed by atoms with Gasteiger partial charge in [-0.15, -0.1) is 0 Å². The number of amides is 3. The van der Waals surface area contributed by atoms with Gasteiger partial charge < -0.3 is 10.1 Å². The van der Waals surface area contributed by atoms with Crippen LogP contribution >= 0.6 is 11.6 Å². The molecular formula is C25H16ClN3O5. The van der Waals surface area contributed by atoms with Gasteiger partial charge in [-0.2, -0.15) is 5.26 Å². The molecule has 0 aliphatic carbocycles. The van der Waals surface area contributed by atoms with Crippen molar-refractivity contribution in [3.05, 3.63) is 99.6 Å². The lowest BCUT2D eigenvalue weighted by Gasteiger charge is -2.13. The number of imide groups is 1. The van der Waals surface area contributed by atoms with Crippen LogP contribution in [0, 0.1) is 11.3 Å². The molecule has 3 amide bonds. The molecule has 0 bridgehead atoms. The van der Waals surface area contributed by atoms with E-state index in [0.717, 1.165) is 10.5 Å². The van der Waals surface area contributed by atoms with Crippen LogP contribution in [0.25, 0.3) is 0 Å². The van der Waals surface area contributed by atoms with Crippen LogP contribution in [0.2, 0.25) is 5.02 Å². The van der Waals surface area contributed by atoms with Crippen LogP contribution in [0.15, 0.2) is 66.7 Å². The zero-order valence-corrected chi connectivity index (χ0v) is 18.3. The van der Waals surface area contributed by atoms with E-state index in [-0.39, 0.29) is 34.5 Å². The van der Waals surface area contributed by atoms with E-state index in [0.29, 0.717) is 5.02 Å². The molecule has 0 radical (unpaired) electrons. The van der Waals surface area contributed by atoms with Crippen molar-refractivity contribution >= 4 is 41.0 Å². The summed E-state index contributed by atoms with van der Waals surface area (Å²) >= 11 is 5.89. The highest BCUT2D eigenvalue weighted by atomic mass is 35.5. The fourth-order valence-electron chi connectivity index (χ4n) is 3.45. The number of carbonyl (C=O) groups excluding carboxylic acids is 4. The maximum Gasteiger partial charge on any atom is 0.338 e. The van der Waals surface area contributed by atoms with Crippen molar-refractivity contribution in [3.8, 4) is 6.07 Å². The van der Waals surface area contributed by atoms with Crippen molar-refractivity contribution in [2.75, 3.05) is 11.9 Å². The molecular weight excluding hydrogens is 458 g/mol. The number of nitrogens with zero attached hydrogens (tertiary/aromatic N) is 2. The topological polar surface area (TPSA) is 117 Å². The van der Waals surface area contributed by atoms with E-state index in [2.05, 4.69) is 5.32 Å². The summed E-state index contributed by atoms with van der Waals surface area (Å²) in [7, 11) is 0. The molecule has 1 aliphatic rings. The van der Waals surface area contributed by atoms with Crippen LogP contribution in [-0.2, 0) is 16.1 Å². The summed E-state index contributed by atoms with van der Waals surface area (Å²) in [6, 6.07) is 19.4. The van der Waals surface area contributed by atoms with Crippen molar-refractivity contribution in [1.82, 2.24) is 4.90 Å². The largest absolute Gasteiger partial charge is 0.452 e. The summed E-state index contributed by atoms with van der Waals surface area (Å²) in [5.74, 6) is -2.47. The quantitative estimate of drug-likeness (QED) is 0.430. The first kappa shape index (κ1) is 22.7. The number of ether oxygens (including phenoxy) is 1. The predicted octanol–water partition coefficient (Wildman–Crippen LogP) is 3.80. The predicted molar refractivity (Wildman–Crippen MR) is 122 cm³/mol. The summed E-state index contributed by atoms with van der Waals surface area (Å²) in [6.45, 7) is -0.512. The van der Waals surface area contributed by atoms with Crippen molar-refractivity contribution in [2.24, 2.45) is 0 Å². The lowest BCUT2D eigenvalue weighted by atomic mass is 10.1. The highest BCUT2D eigenvalue weighted by Crippen LogP contribution is 2.26. The molecule has 8 nitrogen and oxygen atoms in total. The Kier molecular flexibility index (Phi) is 6.39. The van der Waals surface area contributed by atoms with Crippen LogP contribution < -0.4 is 5.32 Å². The molecule has 0 fully saturated rings. The molecule has 0 atom stereocenters. The molecule has 0 saturated carbocycles. The molecule has 0 aromatic heterocycles. The van der Waals surface area contributed by atoms with E-state index in [1.165, 1.54) is 36.4 Å². The first-order chi connectivity index (χ1) is 16.4. The van der Waals surface area contributed by atoms with Crippen molar-refractivity contribution in [1.29, 1.82) is 5.26 Å². The Morgan fingerprint density at radius 2 is 1.71 bits per heavy atom. The SMILES string of the molecule is N#Cc1ccc(Cl)cc1NC(=O)COC(=O)c1ccc2c(c1)C(=O)N(Cc1ccccc1)C2=O. The van der Waals surface area contributed by atoms with Gasteiger partial charge in [-0.3, -0.25) is 19.3 Å². The van der Waals surface area contributed by atoms with E-state index < -0.39 is 30.3 Å². The average molecular weight is 474 g/mol. The molecule has 4 rings (SSSR count). The van der Waals surface area contributed by atoms with E-state index in [9.17, 15) is 19.2 Å². The van der Waals surface area contributed by atoms with Crippen LogP contribution in [0.5, 0.6) is 0 Å². The zero-order valence-electron chi connectivity index (χ0n) is 17.6. The minimum atomic E-state index is -0.841. The first-order valence-corrected chi connectivity index (χ1v) is 10.5. The Hall–Kier alpha value is -4.48. The Morgan fingerprint density at radius 1 is 0.971 bits per heavy atom. The lowest BCUT2D eigenvalue weighted by Crippen LogP contribution is -2.29. The molecule has 168 valence electrons. The maximum atomic E-state index is 12.8. The summed E-state index contributed by atoms with van der Waals surface area (Å²) in [5, 5.41) is 11.9. The van der Waals surface area contributed by atoms with Crippen LogP contribution in [0.3, 0.4) is 0 Å². The Morgan fingerprint density at radius 3 is 2.44 bits per heavy atom. The fraction of sp³-hybridized carbons (Fsp3) is 0.0800. The third-order valence-corrected chi connectivity index (χ3v) is 5.34. The van der Waals surface area contributed by atoms with Gasteiger partial charge in [-0.25, -0.2) is 4.79 Å². The molecule has 0 saturated heterocycles. The number of nitrogens with one attached hydrogen (secondary N) is 1. The molecule has 3 aromatic carbocycles. The number of hydrogen-bond acceptors (Lipinski definition) is 6. The monoisotopic (exact) mass is 473 g/mol. The van der Waals surface area contributed by atoms with Crippen LogP contribution in [0.1, 0.15) is 42.2 Å². The number of anilines is 1. The molecule has 1 aliphatic heterocycles. The smallest absolute Gasteiger partial charge is 0.338 e. The minimum absolute atomic E-state index is 0.0229. The number of fused-ring (bicyclic) bond motifs is 1. The maximum absolute atomic E-state index is 12.8. The van der Waals surface area contributed by atoms with Gasteiger partial charge in [-0.05, 0) is 42.0 Å². The number of esters is 1. The van der Waals surface area contributed by atoms with E-state index in [4.69, 9.17) is 21.6 Å². The summed E-state index contributed by atoms with van der Waals surface area (Å²) in [6.07, 6.45) is 0. The Labute approximate surface area is 199 Å². The molecule has 9 heteroatoms. The molecule has 0 spiro atoms. The average Bonchev–Trinajstić information content (AvgIpc) is 3.07. The third-order valence-electron chi connectivity index (χ3n) is 5.10. The number of halogens is 1. The van der Waals surface area contributed by atoms with Gasteiger partial charge >= 0.3 is 5.97 Å². The number of benzene rings is 3. The van der Waals surface area contributed by atoms with Crippen molar-refractivity contribution in [3.63, 3.8) is 0 Å². The van der Waals surface area contributed by atoms with E-state index >= 15 is 0 Å². The van der Waals surface area contributed by atoms with Gasteiger partial charge in [0.1, 0.15) is 6.07 Å². The molecule has 0 unspecified atom stereocenters. The van der Waals surface area contributed by atoms with Gasteiger partial charge in [0.05, 0.1) is 34.5 Å². The molecule has 34 heavy (non-hydrogen) atoms. The normalized spacial score (nSPS) is 12.2. The molecule has 3 aromatic rings. The second-order valence-electron chi connectivity index (χ2n) is 7.37. The van der Waals surface area contributed by atoms with E-state index in [1.807, 2.05) is 24.3 Å². The number of carbonyl (C=O) groups is 4. The van der Waals surface area contributed by atoms with Crippen LogP contribution in [-0.4, -0.2) is 35.2 Å². The summed E-state index contributed by atoms with van der Waals surface area (Å²) in [4.78, 5) is 51.2. The standard InChI is InChI=1S/C25H16ClN3O5/c26-18-8-6-17(12-27)21(11-18)28-22(30)14-34-25(33)16-7-9-19-20(10-16)24(32)29(23(19)31)13-15-4-2-1-3-5-15/h1-11H,13-14H2,(H,28,30). The number of nitriles is 1. The highest BCUT2D eigenvalue weighted by Gasteiger charge is 2.36. The zero-order chi connectivity index (χ0) is 24.2. The Bertz CT molecular complexity index is 1360. The second kappa shape index (κ2) is 9.57. The highest BCUT2D eigenvalue weighted by molar-refractivity contribution is 6.31. The second-order valence-corrected chi connectivity index (χ2v) is 7.80. The van der Waals surface area contributed by atoms with Gasteiger partial charge in [0.25, 0.3) is 17.7 Å². The Balaban J connectivity index is 1.42. The van der Waals surface area contributed by atoms with Gasteiger partial charge in [0.2, 0.25) is 0 Å². The summed E-state index contributed by atoms with van der Waals surface area (Å²) in [5.41, 5.74) is 1.50. The van der Waals surface area contributed by atoms with Crippen molar-refractivity contribution in [2.45, 2.75) is 6.54 Å². The van der Waals surface area contributed by atoms with E-state index in [1.54, 1.807) is 12.1 Å². The molecule has 1 heterocycles. The number of hydrogen-bond donors (Lipinski definition) is 1. The fourth-order valence-corrected chi connectivity index (χ4v) is 3.62. The van der Waals surface area contributed by atoms with Gasteiger partial charge in [-0.1, -0.05) is 41.9 Å².